The molecule has 0 aliphatic carbocycles. The summed E-state index contributed by atoms with van der Waals surface area (Å²) in [6.45, 7) is 7.73. The summed E-state index contributed by atoms with van der Waals surface area (Å²) in [6, 6.07) is 23.7. The Morgan fingerprint density at radius 3 is 2.54 bits per heavy atom. The second-order valence-corrected chi connectivity index (χ2v) is 12.1. The summed E-state index contributed by atoms with van der Waals surface area (Å²) in [5.41, 5.74) is 3.04. The largest absolute Gasteiger partial charge is 0.497 e. The van der Waals surface area contributed by atoms with Crippen molar-refractivity contribution >= 4 is 46.6 Å². The zero-order valence-electron chi connectivity index (χ0n) is 23.6. The summed E-state index contributed by atoms with van der Waals surface area (Å²) >= 11 is 7.68. The molecular weight excluding hydrogens is 556 g/mol. The van der Waals surface area contributed by atoms with Gasteiger partial charge in [-0.05, 0) is 67.1 Å². The van der Waals surface area contributed by atoms with Gasteiger partial charge in [-0.2, -0.15) is 0 Å². The van der Waals surface area contributed by atoms with E-state index >= 15 is 0 Å². The zero-order valence-corrected chi connectivity index (χ0v) is 25.2. The molecule has 9 heteroatoms. The summed E-state index contributed by atoms with van der Waals surface area (Å²) in [4.78, 5) is 34.5. The molecule has 3 aromatic rings. The van der Waals surface area contributed by atoms with Crippen LogP contribution in [-0.4, -0.2) is 68.3 Å². The number of piperazine rings is 1. The SMILES string of the molecule is COc1ccc(N2CCN(CCCNC(=O)[C@H](C)[C@H]3Sc4ccccc4N(Cc4cccc(Cl)c4)C3=O)CC2)cc1. The first-order valence-corrected chi connectivity index (χ1v) is 15.4. The minimum Gasteiger partial charge on any atom is -0.497 e. The lowest BCUT2D eigenvalue weighted by Crippen LogP contribution is -2.48. The molecule has 41 heavy (non-hydrogen) atoms. The van der Waals surface area contributed by atoms with E-state index in [4.69, 9.17) is 16.3 Å². The number of hydrogen-bond acceptors (Lipinski definition) is 6. The van der Waals surface area contributed by atoms with Crippen molar-refractivity contribution in [2.45, 2.75) is 30.0 Å². The van der Waals surface area contributed by atoms with Gasteiger partial charge in [0.1, 0.15) is 11.0 Å². The molecule has 0 saturated carbocycles. The number of amides is 2. The Bertz CT molecular complexity index is 1350. The fourth-order valence-electron chi connectivity index (χ4n) is 5.37. The van der Waals surface area contributed by atoms with Gasteiger partial charge in [-0.3, -0.25) is 14.5 Å². The van der Waals surface area contributed by atoms with Gasteiger partial charge in [0, 0.05) is 48.3 Å². The van der Waals surface area contributed by atoms with Gasteiger partial charge >= 0.3 is 0 Å². The number of hydrogen-bond donors (Lipinski definition) is 1. The molecule has 1 saturated heterocycles. The summed E-state index contributed by atoms with van der Waals surface area (Å²) < 4.78 is 5.26. The highest BCUT2D eigenvalue weighted by atomic mass is 35.5. The normalized spacial score (nSPS) is 18.1. The lowest BCUT2D eigenvalue weighted by Gasteiger charge is -2.36. The molecule has 2 heterocycles. The van der Waals surface area contributed by atoms with Gasteiger partial charge in [0.25, 0.3) is 0 Å². The van der Waals surface area contributed by atoms with Gasteiger partial charge in [-0.15, -0.1) is 11.8 Å². The Hall–Kier alpha value is -3.20. The maximum Gasteiger partial charge on any atom is 0.241 e. The number of nitrogens with zero attached hydrogens (tertiary/aromatic N) is 3. The number of halogens is 1. The van der Waals surface area contributed by atoms with Crippen LogP contribution in [0, 0.1) is 5.92 Å². The van der Waals surface area contributed by atoms with E-state index in [9.17, 15) is 9.59 Å². The summed E-state index contributed by atoms with van der Waals surface area (Å²) in [7, 11) is 1.68. The Morgan fingerprint density at radius 1 is 1.05 bits per heavy atom. The lowest BCUT2D eigenvalue weighted by molar-refractivity contribution is -0.128. The highest BCUT2D eigenvalue weighted by molar-refractivity contribution is 8.01. The summed E-state index contributed by atoms with van der Waals surface area (Å²) in [5, 5.41) is 3.24. The molecule has 7 nitrogen and oxygen atoms in total. The van der Waals surface area contributed by atoms with Gasteiger partial charge in [0.15, 0.2) is 0 Å². The highest BCUT2D eigenvalue weighted by Crippen LogP contribution is 2.42. The van der Waals surface area contributed by atoms with Gasteiger partial charge in [0.2, 0.25) is 11.8 Å². The second kappa shape index (κ2) is 13.6. The maximum atomic E-state index is 13.7. The fraction of sp³-hybridized carbons (Fsp3) is 0.375. The number of para-hydroxylation sites is 1. The van der Waals surface area contributed by atoms with E-state index in [0.717, 1.165) is 61.0 Å². The number of thioether (sulfide) groups is 1. The number of carbonyl (C=O) groups excluding carboxylic acids is 2. The number of benzene rings is 3. The zero-order chi connectivity index (χ0) is 28.8. The minimum absolute atomic E-state index is 0.0499. The molecule has 1 fully saturated rings. The van der Waals surface area contributed by atoms with Crippen molar-refractivity contribution < 1.29 is 14.3 Å². The van der Waals surface area contributed by atoms with Crippen molar-refractivity contribution in [2.75, 3.05) is 56.2 Å². The second-order valence-electron chi connectivity index (χ2n) is 10.5. The van der Waals surface area contributed by atoms with E-state index in [0.29, 0.717) is 18.1 Å². The van der Waals surface area contributed by atoms with Gasteiger partial charge in [0.05, 0.1) is 25.3 Å². The van der Waals surface area contributed by atoms with Crippen molar-refractivity contribution in [1.82, 2.24) is 10.2 Å². The van der Waals surface area contributed by atoms with Gasteiger partial charge < -0.3 is 19.9 Å². The molecule has 0 spiro atoms. The molecule has 216 valence electrons. The molecule has 0 unspecified atom stereocenters. The number of fused-ring (bicyclic) bond motifs is 1. The Kier molecular flexibility index (Phi) is 9.75. The van der Waals surface area contributed by atoms with Crippen LogP contribution in [0.25, 0.3) is 0 Å². The third kappa shape index (κ3) is 7.18. The molecule has 2 aliphatic rings. The number of ether oxygens (including phenoxy) is 1. The van der Waals surface area contributed by atoms with Crippen molar-refractivity contribution in [1.29, 1.82) is 0 Å². The maximum absolute atomic E-state index is 13.7. The van der Waals surface area contributed by atoms with E-state index in [1.54, 1.807) is 12.0 Å². The Labute approximate surface area is 251 Å². The van der Waals surface area contributed by atoms with Crippen molar-refractivity contribution in [3.05, 3.63) is 83.4 Å². The lowest BCUT2D eigenvalue weighted by atomic mass is 10.0. The number of carbonyl (C=O) groups is 2. The Balaban J connectivity index is 1.10. The monoisotopic (exact) mass is 592 g/mol. The number of nitrogens with one attached hydrogen (secondary N) is 1. The van der Waals surface area contributed by atoms with Crippen molar-refractivity contribution in [3.8, 4) is 5.75 Å². The molecule has 2 amide bonds. The van der Waals surface area contributed by atoms with E-state index in [1.807, 2.05) is 67.6 Å². The first-order chi connectivity index (χ1) is 19.9. The average Bonchev–Trinajstić information content (AvgIpc) is 3.00. The van der Waals surface area contributed by atoms with Gasteiger partial charge in [-0.1, -0.05) is 42.8 Å². The average molecular weight is 593 g/mol. The van der Waals surface area contributed by atoms with E-state index in [2.05, 4.69) is 27.2 Å². The van der Waals surface area contributed by atoms with Crippen LogP contribution < -0.4 is 19.9 Å². The molecule has 3 aromatic carbocycles. The van der Waals surface area contributed by atoms with Crippen molar-refractivity contribution in [3.63, 3.8) is 0 Å². The van der Waals surface area contributed by atoms with Crippen LogP contribution >= 0.6 is 23.4 Å². The topological polar surface area (TPSA) is 65.1 Å². The molecule has 2 atom stereocenters. The Morgan fingerprint density at radius 2 is 1.80 bits per heavy atom. The van der Waals surface area contributed by atoms with Crippen LogP contribution in [0.5, 0.6) is 5.75 Å². The minimum atomic E-state index is -0.491. The first kappa shape index (κ1) is 29.3. The number of rotatable bonds is 10. The van der Waals surface area contributed by atoms with Crippen LogP contribution in [0.2, 0.25) is 5.02 Å². The van der Waals surface area contributed by atoms with Crippen molar-refractivity contribution in [2.24, 2.45) is 5.92 Å². The molecule has 0 bridgehead atoms. The smallest absolute Gasteiger partial charge is 0.241 e. The molecule has 1 N–H and O–H groups in total. The molecule has 2 aliphatic heterocycles. The molecule has 5 rings (SSSR count). The van der Waals surface area contributed by atoms with E-state index < -0.39 is 11.2 Å². The standard InChI is InChI=1S/C32H37ClN4O3S/c1-23(30-32(39)37(22-24-7-5-8-25(33)21-24)28-9-3-4-10-29(28)41-30)31(38)34-15-6-16-35-17-19-36(20-18-35)26-11-13-27(40-2)14-12-26/h3-5,7-14,21,23,30H,6,15-20,22H2,1-2H3,(H,34,38)/t23-,30-/m1/s1. The van der Waals surface area contributed by atoms with Crippen LogP contribution in [0.3, 0.4) is 0 Å². The molecular formula is C32H37ClN4O3S. The van der Waals surface area contributed by atoms with Crippen LogP contribution in [-0.2, 0) is 16.1 Å². The predicted octanol–water partition coefficient (Wildman–Crippen LogP) is 5.32. The van der Waals surface area contributed by atoms with Crippen LogP contribution in [0.4, 0.5) is 11.4 Å². The third-order valence-electron chi connectivity index (χ3n) is 7.78. The number of methoxy groups -OCH3 is 1. The summed E-state index contributed by atoms with van der Waals surface area (Å²) in [5.74, 6) is 0.277. The van der Waals surface area contributed by atoms with Crippen LogP contribution in [0.1, 0.15) is 18.9 Å². The predicted molar refractivity (Wildman–Crippen MR) is 167 cm³/mol. The van der Waals surface area contributed by atoms with Gasteiger partial charge in [-0.25, -0.2) is 0 Å². The molecule has 0 aromatic heterocycles. The van der Waals surface area contributed by atoms with E-state index in [1.165, 1.54) is 17.4 Å². The molecule has 0 radical (unpaired) electrons. The third-order valence-corrected chi connectivity index (χ3v) is 9.48. The first-order valence-electron chi connectivity index (χ1n) is 14.1. The highest BCUT2D eigenvalue weighted by Gasteiger charge is 2.39. The van der Waals surface area contributed by atoms with Crippen LogP contribution in [0.15, 0.2) is 77.7 Å². The summed E-state index contributed by atoms with van der Waals surface area (Å²) in [6.07, 6.45) is 0.872. The number of anilines is 2. The van der Waals surface area contributed by atoms with E-state index in [-0.39, 0.29) is 11.8 Å². The quantitative estimate of drug-likeness (QED) is 0.322. The fourth-order valence-corrected chi connectivity index (χ4v) is 6.87.